The summed E-state index contributed by atoms with van der Waals surface area (Å²) in [5.74, 6) is 4.71. The summed E-state index contributed by atoms with van der Waals surface area (Å²) in [5, 5.41) is 0. The Kier molecular flexibility index (Phi) is 2.35. The zero-order chi connectivity index (χ0) is 10.1. The Hall–Kier alpha value is -1.20. The van der Waals surface area contributed by atoms with Crippen LogP contribution in [0.4, 0.5) is 5.69 Å². The van der Waals surface area contributed by atoms with E-state index in [4.69, 9.17) is 5.84 Å². The van der Waals surface area contributed by atoms with Crippen LogP contribution in [0.15, 0.2) is 27.7 Å². The van der Waals surface area contributed by atoms with E-state index in [0.29, 0.717) is 12.1 Å². The smallest absolute Gasteiger partial charge is 0.279 e. The molecule has 4 nitrogen and oxygen atoms in total. The molecule has 72 valence electrons. The highest BCUT2D eigenvalue weighted by molar-refractivity contribution is 9.10. The van der Waals surface area contributed by atoms with Gasteiger partial charge in [-0.2, -0.15) is 0 Å². The second-order valence-electron chi connectivity index (χ2n) is 2.98. The maximum atomic E-state index is 11.2. The highest BCUT2D eigenvalue weighted by Crippen LogP contribution is 2.29. The summed E-state index contributed by atoms with van der Waals surface area (Å²) in [6.45, 7) is 0. The molecule has 2 rings (SSSR count). The molecule has 0 atom stereocenters. The fraction of sp³-hybridized carbons (Fsp3) is 0.111. The number of hydrogen-bond donors (Lipinski definition) is 2. The molecule has 0 unspecified atom stereocenters. The normalized spacial score (nSPS) is 13.4. The van der Waals surface area contributed by atoms with Gasteiger partial charge in [0.15, 0.2) is 0 Å². The zero-order valence-corrected chi connectivity index (χ0v) is 8.84. The van der Waals surface area contributed by atoms with E-state index in [-0.39, 0.29) is 5.91 Å². The van der Waals surface area contributed by atoms with Gasteiger partial charge in [0.25, 0.3) is 5.91 Å². The molecular formula is C9H8BrN3O. The summed E-state index contributed by atoms with van der Waals surface area (Å²) in [6, 6.07) is 5.75. The Morgan fingerprint density at radius 1 is 1.57 bits per heavy atom. The summed E-state index contributed by atoms with van der Waals surface area (Å²) in [7, 11) is 0. The summed E-state index contributed by atoms with van der Waals surface area (Å²) in [4.78, 5) is 15.4. The third-order valence-corrected chi connectivity index (χ3v) is 2.55. The van der Waals surface area contributed by atoms with Crippen molar-refractivity contribution in [2.75, 3.05) is 0 Å². The van der Waals surface area contributed by atoms with Crippen LogP contribution in [0, 0.1) is 0 Å². The predicted octanol–water partition coefficient (Wildman–Crippen LogP) is 1.07. The van der Waals surface area contributed by atoms with Gasteiger partial charge in [0, 0.05) is 10.9 Å². The Morgan fingerprint density at radius 3 is 3.07 bits per heavy atom. The van der Waals surface area contributed by atoms with Crippen LogP contribution in [0.1, 0.15) is 5.56 Å². The number of nitrogens with two attached hydrogens (primary N) is 1. The van der Waals surface area contributed by atoms with E-state index in [9.17, 15) is 4.79 Å². The second kappa shape index (κ2) is 3.51. The van der Waals surface area contributed by atoms with Crippen molar-refractivity contribution in [3.63, 3.8) is 0 Å². The molecule has 1 aromatic rings. The Bertz CT molecular complexity index is 428. The van der Waals surface area contributed by atoms with Crippen molar-refractivity contribution in [3.8, 4) is 0 Å². The topological polar surface area (TPSA) is 67.5 Å². The lowest BCUT2D eigenvalue weighted by Gasteiger charge is -1.96. The van der Waals surface area contributed by atoms with Crippen molar-refractivity contribution in [1.29, 1.82) is 0 Å². The number of nitrogens with one attached hydrogen (secondary N) is 1. The highest BCUT2D eigenvalue weighted by Gasteiger charge is 2.19. The fourth-order valence-corrected chi connectivity index (χ4v) is 1.72. The van der Waals surface area contributed by atoms with Gasteiger partial charge in [-0.15, -0.1) is 0 Å². The molecule has 5 heteroatoms. The monoisotopic (exact) mass is 253 g/mol. The minimum absolute atomic E-state index is 0.322. The number of amides is 1. The maximum absolute atomic E-state index is 11.2. The van der Waals surface area contributed by atoms with E-state index in [1.165, 1.54) is 0 Å². The SMILES string of the molecule is NNC(=O)C1=Nc2cc(Br)ccc2C1. The lowest BCUT2D eigenvalue weighted by atomic mass is 10.1. The molecular weight excluding hydrogens is 246 g/mol. The number of rotatable bonds is 1. The van der Waals surface area contributed by atoms with E-state index in [2.05, 4.69) is 26.3 Å². The van der Waals surface area contributed by atoms with Gasteiger partial charge in [0.2, 0.25) is 0 Å². The van der Waals surface area contributed by atoms with E-state index in [0.717, 1.165) is 15.7 Å². The van der Waals surface area contributed by atoms with Gasteiger partial charge in [-0.25, -0.2) is 10.8 Å². The number of carbonyl (C=O) groups is 1. The number of fused-ring (bicyclic) bond motifs is 1. The van der Waals surface area contributed by atoms with Crippen molar-refractivity contribution in [2.24, 2.45) is 10.8 Å². The third-order valence-electron chi connectivity index (χ3n) is 2.05. The molecule has 0 saturated carbocycles. The molecule has 1 aromatic carbocycles. The lowest BCUT2D eigenvalue weighted by molar-refractivity contribution is -0.114. The van der Waals surface area contributed by atoms with Gasteiger partial charge in [-0.3, -0.25) is 10.2 Å². The first kappa shape index (κ1) is 9.36. The van der Waals surface area contributed by atoms with Crippen LogP contribution < -0.4 is 11.3 Å². The number of hydrogen-bond acceptors (Lipinski definition) is 3. The van der Waals surface area contributed by atoms with Crippen molar-refractivity contribution in [3.05, 3.63) is 28.2 Å². The van der Waals surface area contributed by atoms with Gasteiger partial charge >= 0.3 is 0 Å². The molecule has 0 fully saturated rings. The largest absolute Gasteiger partial charge is 0.289 e. The second-order valence-corrected chi connectivity index (χ2v) is 3.90. The van der Waals surface area contributed by atoms with Crippen molar-refractivity contribution in [1.82, 2.24) is 5.43 Å². The minimum atomic E-state index is -0.322. The number of nitrogens with zero attached hydrogens (tertiary/aromatic N) is 1. The summed E-state index contributed by atoms with van der Waals surface area (Å²) in [6.07, 6.45) is 0.547. The Morgan fingerprint density at radius 2 is 2.36 bits per heavy atom. The van der Waals surface area contributed by atoms with Crippen LogP contribution in [-0.4, -0.2) is 11.6 Å². The molecule has 14 heavy (non-hydrogen) atoms. The van der Waals surface area contributed by atoms with Gasteiger partial charge < -0.3 is 0 Å². The average Bonchev–Trinajstić information content (AvgIpc) is 2.59. The number of halogens is 1. The zero-order valence-electron chi connectivity index (χ0n) is 7.25. The first-order chi connectivity index (χ1) is 6.70. The quantitative estimate of drug-likeness (QED) is 0.447. The van der Waals surface area contributed by atoms with Crippen LogP contribution >= 0.6 is 15.9 Å². The Balaban J connectivity index is 2.34. The number of benzene rings is 1. The molecule has 1 amide bonds. The molecule has 1 aliphatic heterocycles. The van der Waals surface area contributed by atoms with Gasteiger partial charge in [0.1, 0.15) is 5.71 Å². The molecule has 0 aliphatic carbocycles. The number of aliphatic imine (C=N–C) groups is 1. The van der Waals surface area contributed by atoms with Crippen LogP contribution in [0.2, 0.25) is 0 Å². The number of hydrazine groups is 1. The van der Waals surface area contributed by atoms with Crippen LogP contribution in [0.3, 0.4) is 0 Å². The number of carbonyl (C=O) groups excluding carboxylic acids is 1. The summed E-state index contributed by atoms with van der Waals surface area (Å²) >= 11 is 3.34. The molecule has 0 saturated heterocycles. The predicted molar refractivity (Wildman–Crippen MR) is 57.3 cm³/mol. The standard InChI is InChI=1S/C9H8BrN3O/c10-6-2-1-5-3-8(9(14)13-11)12-7(5)4-6/h1-2,4H,3,11H2,(H,13,14). The van der Waals surface area contributed by atoms with Crippen LogP contribution in [0.5, 0.6) is 0 Å². The lowest BCUT2D eigenvalue weighted by Crippen LogP contribution is -2.36. The highest BCUT2D eigenvalue weighted by atomic mass is 79.9. The fourth-order valence-electron chi connectivity index (χ4n) is 1.37. The molecule has 0 aromatic heterocycles. The minimum Gasteiger partial charge on any atom is -0.289 e. The van der Waals surface area contributed by atoms with E-state index < -0.39 is 0 Å². The molecule has 0 radical (unpaired) electrons. The Labute approximate surface area is 89.3 Å². The van der Waals surface area contributed by atoms with E-state index >= 15 is 0 Å². The van der Waals surface area contributed by atoms with Crippen LogP contribution in [-0.2, 0) is 11.2 Å². The third kappa shape index (κ3) is 1.56. The van der Waals surface area contributed by atoms with Crippen molar-refractivity contribution >= 4 is 33.2 Å². The van der Waals surface area contributed by atoms with E-state index in [1.54, 1.807) is 0 Å². The first-order valence-corrected chi connectivity index (χ1v) is 4.87. The van der Waals surface area contributed by atoms with Crippen molar-refractivity contribution in [2.45, 2.75) is 6.42 Å². The van der Waals surface area contributed by atoms with Crippen molar-refractivity contribution < 1.29 is 4.79 Å². The summed E-state index contributed by atoms with van der Waals surface area (Å²) in [5.41, 5.74) is 4.41. The first-order valence-electron chi connectivity index (χ1n) is 4.07. The summed E-state index contributed by atoms with van der Waals surface area (Å²) < 4.78 is 0.953. The van der Waals surface area contributed by atoms with Gasteiger partial charge in [0.05, 0.1) is 5.69 Å². The molecule has 1 aliphatic rings. The average molecular weight is 254 g/mol. The molecule has 0 bridgehead atoms. The van der Waals surface area contributed by atoms with Gasteiger partial charge in [-0.05, 0) is 17.7 Å². The molecule has 0 spiro atoms. The molecule has 1 heterocycles. The van der Waals surface area contributed by atoms with E-state index in [1.807, 2.05) is 18.2 Å². The maximum Gasteiger partial charge on any atom is 0.279 e. The molecule has 3 N–H and O–H groups in total. The van der Waals surface area contributed by atoms with Gasteiger partial charge in [-0.1, -0.05) is 22.0 Å². The van der Waals surface area contributed by atoms with Crippen LogP contribution in [0.25, 0.3) is 0 Å².